The van der Waals surface area contributed by atoms with Crippen molar-refractivity contribution in [3.05, 3.63) is 41.7 Å². The summed E-state index contributed by atoms with van der Waals surface area (Å²) in [6.45, 7) is 5.63. The van der Waals surface area contributed by atoms with E-state index in [1.807, 2.05) is 38.1 Å². The molecule has 0 fully saturated rings. The Labute approximate surface area is 134 Å². The summed E-state index contributed by atoms with van der Waals surface area (Å²) >= 11 is 0. The minimum Gasteiger partial charge on any atom is -0.480 e. The highest BCUT2D eigenvalue weighted by atomic mass is 16.5. The molecule has 6 nitrogen and oxygen atoms in total. The Morgan fingerprint density at radius 3 is 2.52 bits per heavy atom. The maximum absolute atomic E-state index is 12.2. The Morgan fingerprint density at radius 2 is 1.96 bits per heavy atom. The number of carboxylic acid groups (broad SMARTS) is 1. The van der Waals surface area contributed by atoms with Gasteiger partial charge in [-0.25, -0.2) is 4.79 Å². The molecular weight excluding hydrogens is 296 g/mol. The van der Waals surface area contributed by atoms with E-state index < -0.39 is 17.9 Å². The number of benzene rings is 1. The lowest BCUT2D eigenvalue weighted by Crippen LogP contribution is -2.44. The molecule has 1 heterocycles. The van der Waals surface area contributed by atoms with Crippen LogP contribution in [0, 0.1) is 12.8 Å². The Balaban J connectivity index is 2.14. The topological polar surface area (TPSA) is 92.4 Å². The van der Waals surface area contributed by atoms with E-state index in [4.69, 9.17) is 4.52 Å². The van der Waals surface area contributed by atoms with Crippen LogP contribution in [0.15, 0.2) is 34.9 Å². The Bertz CT molecular complexity index is 691. The highest BCUT2D eigenvalue weighted by molar-refractivity contribution is 5.95. The van der Waals surface area contributed by atoms with Gasteiger partial charge in [-0.15, -0.1) is 0 Å². The van der Waals surface area contributed by atoms with Gasteiger partial charge in [0.2, 0.25) is 5.76 Å². The van der Waals surface area contributed by atoms with Crippen LogP contribution < -0.4 is 5.32 Å². The number of carbonyl (C=O) groups is 2. The lowest BCUT2D eigenvalue weighted by atomic mass is 9.99. The molecule has 0 bridgehead atoms. The first-order chi connectivity index (χ1) is 10.9. The molecule has 2 N–H and O–H groups in total. The van der Waals surface area contributed by atoms with Crippen molar-refractivity contribution in [1.29, 1.82) is 0 Å². The van der Waals surface area contributed by atoms with Gasteiger partial charge in [0.25, 0.3) is 5.91 Å². The summed E-state index contributed by atoms with van der Waals surface area (Å²) in [6.07, 6.45) is 0.641. The van der Waals surface area contributed by atoms with Gasteiger partial charge < -0.3 is 14.9 Å². The Kier molecular flexibility index (Phi) is 5.16. The largest absolute Gasteiger partial charge is 0.480 e. The third-order valence-corrected chi connectivity index (χ3v) is 3.85. The van der Waals surface area contributed by atoms with Gasteiger partial charge in [-0.3, -0.25) is 4.79 Å². The number of aromatic nitrogens is 1. The van der Waals surface area contributed by atoms with Crippen molar-refractivity contribution in [2.75, 3.05) is 0 Å². The molecule has 2 unspecified atom stereocenters. The average Bonchev–Trinajstić information content (AvgIpc) is 3.02. The molecule has 1 aromatic carbocycles. The lowest BCUT2D eigenvalue weighted by molar-refractivity contribution is -0.140. The second-order valence-electron chi connectivity index (χ2n) is 5.62. The zero-order chi connectivity index (χ0) is 17.0. The van der Waals surface area contributed by atoms with E-state index in [0.717, 1.165) is 11.1 Å². The van der Waals surface area contributed by atoms with Crippen molar-refractivity contribution in [2.24, 2.45) is 5.92 Å². The van der Waals surface area contributed by atoms with Gasteiger partial charge in [-0.1, -0.05) is 55.3 Å². The molecule has 1 amide bonds. The van der Waals surface area contributed by atoms with E-state index in [9.17, 15) is 14.7 Å². The van der Waals surface area contributed by atoms with Gasteiger partial charge in [-0.2, -0.15) is 0 Å². The third kappa shape index (κ3) is 3.97. The number of amides is 1. The molecule has 0 radical (unpaired) electrons. The van der Waals surface area contributed by atoms with E-state index in [-0.39, 0.29) is 11.7 Å². The molecule has 2 atom stereocenters. The maximum Gasteiger partial charge on any atom is 0.326 e. The second-order valence-corrected chi connectivity index (χ2v) is 5.62. The molecule has 0 saturated heterocycles. The summed E-state index contributed by atoms with van der Waals surface area (Å²) in [4.78, 5) is 23.4. The molecule has 0 aliphatic heterocycles. The maximum atomic E-state index is 12.2. The van der Waals surface area contributed by atoms with Crippen LogP contribution in [-0.4, -0.2) is 28.2 Å². The number of hydrogen-bond acceptors (Lipinski definition) is 4. The monoisotopic (exact) mass is 316 g/mol. The summed E-state index contributed by atoms with van der Waals surface area (Å²) < 4.78 is 5.05. The number of carboxylic acids is 1. The van der Waals surface area contributed by atoms with E-state index in [1.165, 1.54) is 6.07 Å². The van der Waals surface area contributed by atoms with Crippen molar-refractivity contribution in [3.8, 4) is 11.3 Å². The quantitative estimate of drug-likeness (QED) is 0.855. The van der Waals surface area contributed by atoms with Crippen molar-refractivity contribution in [1.82, 2.24) is 10.5 Å². The predicted octanol–water partition coefficient (Wildman–Crippen LogP) is 2.88. The van der Waals surface area contributed by atoms with Crippen LogP contribution in [0.1, 0.15) is 36.4 Å². The van der Waals surface area contributed by atoms with Crippen LogP contribution in [0.4, 0.5) is 0 Å². The van der Waals surface area contributed by atoms with Crippen LogP contribution >= 0.6 is 0 Å². The number of nitrogens with zero attached hydrogens (tertiary/aromatic N) is 1. The van der Waals surface area contributed by atoms with E-state index >= 15 is 0 Å². The SMILES string of the molecule is CCC(C)C(NC(=O)c1cc(-c2ccc(C)cc2)no1)C(=O)O. The molecule has 0 spiro atoms. The van der Waals surface area contributed by atoms with Gasteiger partial charge >= 0.3 is 5.97 Å². The molecule has 1 aromatic heterocycles. The van der Waals surface area contributed by atoms with Gasteiger partial charge in [0, 0.05) is 11.6 Å². The van der Waals surface area contributed by atoms with Crippen LogP contribution in [0.5, 0.6) is 0 Å². The van der Waals surface area contributed by atoms with Crippen LogP contribution in [0.2, 0.25) is 0 Å². The van der Waals surface area contributed by atoms with Crippen LogP contribution in [0.25, 0.3) is 11.3 Å². The Hall–Kier alpha value is -2.63. The molecule has 23 heavy (non-hydrogen) atoms. The van der Waals surface area contributed by atoms with Crippen molar-refractivity contribution in [2.45, 2.75) is 33.2 Å². The third-order valence-electron chi connectivity index (χ3n) is 3.85. The summed E-state index contributed by atoms with van der Waals surface area (Å²) in [5.74, 6) is -1.83. The average molecular weight is 316 g/mol. The Morgan fingerprint density at radius 1 is 1.30 bits per heavy atom. The molecule has 122 valence electrons. The van der Waals surface area contributed by atoms with Crippen molar-refractivity contribution < 1.29 is 19.2 Å². The van der Waals surface area contributed by atoms with E-state index in [1.54, 1.807) is 6.92 Å². The van der Waals surface area contributed by atoms with E-state index in [0.29, 0.717) is 12.1 Å². The first-order valence-electron chi connectivity index (χ1n) is 7.49. The molecule has 0 saturated carbocycles. The van der Waals surface area contributed by atoms with Gasteiger partial charge in [0.1, 0.15) is 11.7 Å². The zero-order valence-corrected chi connectivity index (χ0v) is 13.4. The summed E-state index contributed by atoms with van der Waals surface area (Å²) in [6, 6.07) is 8.19. The summed E-state index contributed by atoms with van der Waals surface area (Å²) in [5, 5.41) is 15.6. The fourth-order valence-corrected chi connectivity index (χ4v) is 2.14. The summed E-state index contributed by atoms with van der Waals surface area (Å²) in [5.41, 5.74) is 2.48. The van der Waals surface area contributed by atoms with Crippen LogP contribution in [-0.2, 0) is 4.79 Å². The predicted molar refractivity (Wildman–Crippen MR) is 85.0 cm³/mol. The van der Waals surface area contributed by atoms with Crippen molar-refractivity contribution in [3.63, 3.8) is 0 Å². The number of hydrogen-bond donors (Lipinski definition) is 2. The lowest BCUT2D eigenvalue weighted by Gasteiger charge is -2.19. The minimum absolute atomic E-state index is 0.00451. The fraction of sp³-hybridized carbons (Fsp3) is 0.353. The molecule has 2 aromatic rings. The number of rotatable bonds is 6. The molecule has 0 aliphatic carbocycles. The van der Waals surface area contributed by atoms with Crippen LogP contribution in [0.3, 0.4) is 0 Å². The first-order valence-corrected chi connectivity index (χ1v) is 7.49. The number of aryl methyl sites for hydroxylation is 1. The molecule has 2 rings (SSSR count). The van der Waals surface area contributed by atoms with Crippen molar-refractivity contribution >= 4 is 11.9 Å². The smallest absolute Gasteiger partial charge is 0.326 e. The fourth-order valence-electron chi connectivity index (χ4n) is 2.14. The number of carbonyl (C=O) groups excluding carboxylic acids is 1. The number of nitrogens with one attached hydrogen (secondary N) is 1. The van der Waals surface area contributed by atoms with Gasteiger partial charge in [-0.05, 0) is 12.8 Å². The van der Waals surface area contributed by atoms with Gasteiger partial charge in [0.05, 0.1) is 0 Å². The first kappa shape index (κ1) is 16.7. The summed E-state index contributed by atoms with van der Waals surface area (Å²) in [7, 11) is 0. The highest BCUT2D eigenvalue weighted by Crippen LogP contribution is 2.20. The standard InChI is InChI=1S/C17H20N2O4/c1-4-11(3)15(17(21)22)18-16(20)14-9-13(19-23-14)12-7-5-10(2)6-8-12/h5-9,11,15H,4H2,1-3H3,(H,18,20)(H,21,22). The second kappa shape index (κ2) is 7.09. The van der Waals surface area contributed by atoms with Gasteiger partial charge in [0.15, 0.2) is 0 Å². The highest BCUT2D eigenvalue weighted by Gasteiger charge is 2.27. The molecular formula is C17H20N2O4. The zero-order valence-electron chi connectivity index (χ0n) is 13.4. The molecule has 6 heteroatoms. The normalized spacial score (nSPS) is 13.3. The van der Waals surface area contributed by atoms with E-state index in [2.05, 4.69) is 10.5 Å². The number of aliphatic carboxylic acids is 1. The molecule has 0 aliphatic rings. The minimum atomic E-state index is -1.06.